The summed E-state index contributed by atoms with van der Waals surface area (Å²) < 4.78 is 0. The zero-order valence-electron chi connectivity index (χ0n) is 10.8. The lowest BCUT2D eigenvalue weighted by atomic mass is 10.2. The minimum absolute atomic E-state index is 0.168. The molecule has 0 radical (unpaired) electrons. The summed E-state index contributed by atoms with van der Waals surface area (Å²) in [6.07, 6.45) is 3.71. The van der Waals surface area contributed by atoms with Crippen molar-refractivity contribution in [2.75, 3.05) is 31.1 Å². The van der Waals surface area contributed by atoms with E-state index >= 15 is 0 Å². The van der Waals surface area contributed by atoms with Gasteiger partial charge < -0.3 is 10.6 Å². The van der Waals surface area contributed by atoms with Gasteiger partial charge in [-0.3, -0.25) is 4.90 Å². The van der Waals surface area contributed by atoms with Crippen LogP contribution in [0.1, 0.15) is 12.5 Å². The molecule has 0 aromatic carbocycles. The van der Waals surface area contributed by atoms with Gasteiger partial charge in [-0.2, -0.15) is 0 Å². The highest BCUT2D eigenvalue weighted by atomic mass is 32.1. The maximum atomic E-state index is 5.68. The lowest BCUT2D eigenvalue weighted by Crippen LogP contribution is -2.53. The van der Waals surface area contributed by atoms with Gasteiger partial charge in [0, 0.05) is 38.6 Å². The monoisotopic (exact) mass is 265 g/mol. The van der Waals surface area contributed by atoms with Crippen molar-refractivity contribution in [3.05, 3.63) is 18.0 Å². The maximum Gasteiger partial charge on any atom is 0.225 e. The van der Waals surface area contributed by atoms with E-state index in [0.717, 1.165) is 37.7 Å². The molecule has 1 unspecified atom stereocenters. The van der Waals surface area contributed by atoms with Crippen LogP contribution in [0.15, 0.2) is 12.4 Å². The molecule has 2 rings (SSSR count). The van der Waals surface area contributed by atoms with Crippen LogP contribution in [0.4, 0.5) is 5.95 Å². The van der Waals surface area contributed by atoms with E-state index in [1.54, 1.807) is 0 Å². The lowest BCUT2D eigenvalue weighted by Gasteiger charge is -2.37. The number of piperazine rings is 1. The van der Waals surface area contributed by atoms with E-state index in [1.165, 1.54) is 0 Å². The summed E-state index contributed by atoms with van der Waals surface area (Å²) in [5.74, 6) is 0.809. The second-order valence-corrected chi connectivity index (χ2v) is 5.13. The molecule has 5 nitrogen and oxygen atoms in total. The molecule has 6 heteroatoms. The Morgan fingerprint density at radius 1 is 1.28 bits per heavy atom. The van der Waals surface area contributed by atoms with Crippen LogP contribution in [0, 0.1) is 6.92 Å². The molecule has 1 aliphatic heterocycles. The molecule has 1 aliphatic rings. The summed E-state index contributed by atoms with van der Waals surface area (Å²) in [6.45, 7) is 7.75. The predicted molar refractivity (Wildman–Crippen MR) is 76.8 cm³/mol. The van der Waals surface area contributed by atoms with Gasteiger partial charge in [0.1, 0.15) is 0 Å². The molecule has 1 saturated heterocycles. The SMILES string of the molecule is Cc1cnc(N2CCN(C(C)C(N)=S)CC2)nc1. The van der Waals surface area contributed by atoms with E-state index in [4.69, 9.17) is 18.0 Å². The summed E-state index contributed by atoms with van der Waals surface area (Å²) >= 11 is 5.03. The largest absolute Gasteiger partial charge is 0.392 e. The number of nitrogens with two attached hydrogens (primary N) is 1. The number of rotatable bonds is 3. The van der Waals surface area contributed by atoms with E-state index in [9.17, 15) is 0 Å². The van der Waals surface area contributed by atoms with Gasteiger partial charge >= 0.3 is 0 Å². The molecule has 1 aromatic heterocycles. The highest BCUT2D eigenvalue weighted by Gasteiger charge is 2.23. The Bertz CT molecular complexity index is 411. The predicted octanol–water partition coefficient (Wildman–Crippen LogP) is 0.582. The van der Waals surface area contributed by atoms with Gasteiger partial charge in [-0.1, -0.05) is 12.2 Å². The highest BCUT2D eigenvalue weighted by molar-refractivity contribution is 7.80. The zero-order chi connectivity index (χ0) is 13.1. The van der Waals surface area contributed by atoms with Gasteiger partial charge in [-0.05, 0) is 19.4 Å². The Morgan fingerprint density at radius 3 is 2.33 bits per heavy atom. The molecule has 2 heterocycles. The first-order valence-electron chi connectivity index (χ1n) is 6.15. The van der Waals surface area contributed by atoms with Crippen LogP contribution >= 0.6 is 12.2 Å². The maximum absolute atomic E-state index is 5.68. The second-order valence-electron chi connectivity index (χ2n) is 4.66. The number of thiocarbonyl (C=S) groups is 1. The van der Waals surface area contributed by atoms with Crippen molar-refractivity contribution in [3.63, 3.8) is 0 Å². The minimum atomic E-state index is 0.168. The third kappa shape index (κ3) is 2.94. The van der Waals surface area contributed by atoms with Crippen LogP contribution in [0.25, 0.3) is 0 Å². The van der Waals surface area contributed by atoms with Crippen LogP contribution < -0.4 is 10.6 Å². The van der Waals surface area contributed by atoms with Gasteiger partial charge in [0.05, 0.1) is 11.0 Å². The Balaban J connectivity index is 1.94. The normalized spacial score (nSPS) is 18.7. The van der Waals surface area contributed by atoms with Crippen molar-refractivity contribution in [2.24, 2.45) is 5.73 Å². The standard InChI is InChI=1S/C12H19N5S/c1-9-7-14-12(15-8-9)17-5-3-16(4-6-17)10(2)11(13)18/h7-8,10H,3-6H2,1-2H3,(H2,13,18). The molecule has 1 atom stereocenters. The summed E-state index contributed by atoms with van der Waals surface area (Å²) in [4.78, 5) is 13.8. The minimum Gasteiger partial charge on any atom is -0.392 e. The Kier molecular flexibility index (Phi) is 4.08. The van der Waals surface area contributed by atoms with Gasteiger partial charge in [0.2, 0.25) is 5.95 Å². The molecule has 1 fully saturated rings. The van der Waals surface area contributed by atoms with E-state index < -0.39 is 0 Å². The van der Waals surface area contributed by atoms with Crippen molar-refractivity contribution < 1.29 is 0 Å². The first-order valence-corrected chi connectivity index (χ1v) is 6.55. The fourth-order valence-electron chi connectivity index (χ4n) is 2.04. The number of anilines is 1. The number of hydrogen-bond acceptors (Lipinski definition) is 5. The van der Waals surface area contributed by atoms with Crippen molar-refractivity contribution in [1.29, 1.82) is 0 Å². The summed E-state index contributed by atoms with van der Waals surface area (Å²) in [6, 6.07) is 0.168. The molecule has 2 N–H and O–H groups in total. The van der Waals surface area contributed by atoms with Gasteiger partial charge in [0.25, 0.3) is 0 Å². The molecule has 0 spiro atoms. The van der Waals surface area contributed by atoms with Gasteiger partial charge in [-0.25, -0.2) is 9.97 Å². The van der Waals surface area contributed by atoms with Gasteiger partial charge in [0.15, 0.2) is 0 Å². The van der Waals surface area contributed by atoms with E-state index in [0.29, 0.717) is 4.99 Å². The fraction of sp³-hybridized carbons (Fsp3) is 0.583. The number of aryl methyl sites for hydroxylation is 1. The van der Waals surface area contributed by atoms with Crippen LogP contribution in [0.3, 0.4) is 0 Å². The third-order valence-corrected chi connectivity index (χ3v) is 3.67. The smallest absolute Gasteiger partial charge is 0.225 e. The van der Waals surface area contributed by atoms with Crippen molar-refractivity contribution in [1.82, 2.24) is 14.9 Å². The first kappa shape index (κ1) is 13.2. The Labute approximate surface area is 113 Å². The molecule has 0 bridgehead atoms. The fourth-order valence-corrected chi connectivity index (χ4v) is 2.19. The third-order valence-electron chi connectivity index (χ3n) is 3.32. The average Bonchev–Trinajstić information content (AvgIpc) is 2.39. The van der Waals surface area contributed by atoms with Crippen LogP contribution in [0.2, 0.25) is 0 Å². The van der Waals surface area contributed by atoms with Crippen LogP contribution in [-0.2, 0) is 0 Å². The van der Waals surface area contributed by atoms with Crippen LogP contribution in [-0.4, -0.2) is 52.1 Å². The molecule has 0 aliphatic carbocycles. The quantitative estimate of drug-likeness (QED) is 0.807. The summed E-state index contributed by atoms with van der Waals surface area (Å²) in [5, 5.41) is 0. The molecular weight excluding hydrogens is 246 g/mol. The second kappa shape index (κ2) is 5.58. The van der Waals surface area contributed by atoms with Crippen LogP contribution in [0.5, 0.6) is 0 Å². The molecule has 0 saturated carbocycles. The van der Waals surface area contributed by atoms with E-state index in [-0.39, 0.29) is 6.04 Å². The Morgan fingerprint density at radius 2 is 1.83 bits per heavy atom. The summed E-state index contributed by atoms with van der Waals surface area (Å²) in [5.41, 5.74) is 6.76. The highest BCUT2D eigenvalue weighted by Crippen LogP contribution is 2.12. The molecule has 0 amide bonds. The summed E-state index contributed by atoms with van der Waals surface area (Å²) in [7, 11) is 0. The zero-order valence-corrected chi connectivity index (χ0v) is 11.7. The number of hydrogen-bond donors (Lipinski definition) is 1. The van der Waals surface area contributed by atoms with Crippen molar-refractivity contribution in [3.8, 4) is 0 Å². The molecule has 18 heavy (non-hydrogen) atoms. The molecule has 98 valence electrons. The number of aromatic nitrogens is 2. The molecule has 1 aromatic rings. The van der Waals surface area contributed by atoms with Crippen molar-refractivity contribution in [2.45, 2.75) is 19.9 Å². The first-order chi connectivity index (χ1) is 8.58. The van der Waals surface area contributed by atoms with Gasteiger partial charge in [-0.15, -0.1) is 0 Å². The van der Waals surface area contributed by atoms with E-state index in [1.807, 2.05) is 19.3 Å². The topological polar surface area (TPSA) is 58.3 Å². The Hall–Kier alpha value is -1.27. The van der Waals surface area contributed by atoms with Crippen molar-refractivity contribution >= 4 is 23.2 Å². The van der Waals surface area contributed by atoms with E-state index in [2.05, 4.69) is 26.7 Å². The number of nitrogens with zero attached hydrogens (tertiary/aromatic N) is 4. The molecular formula is C12H19N5S. The average molecular weight is 265 g/mol. The lowest BCUT2D eigenvalue weighted by molar-refractivity contribution is 0.238.